The fraction of sp³-hybridized carbons (Fsp3) is 0.429. The van der Waals surface area contributed by atoms with E-state index in [0.29, 0.717) is 32.0 Å². The molecule has 9 heteroatoms. The van der Waals surface area contributed by atoms with Crippen molar-refractivity contribution >= 4 is 21.4 Å². The summed E-state index contributed by atoms with van der Waals surface area (Å²) >= 11 is 0. The Morgan fingerprint density at radius 1 is 1.00 bits per heavy atom. The summed E-state index contributed by atoms with van der Waals surface area (Å²) in [4.78, 5) is 2.35. The number of benzene rings is 2. The predicted molar refractivity (Wildman–Crippen MR) is 111 cm³/mol. The molecule has 162 valence electrons. The molecule has 0 aromatic heterocycles. The molecule has 30 heavy (non-hydrogen) atoms. The largest absolute Gasteiger partial charge is 0.379 e. The van der Waals surface area contributed by atoms with E-state index in [2.05, 4.69) is 10.2 Å². The van der Waals surface area contributed by atoms with E-state index >= 15 is 0 Å². The average Bonchev–Trinajstić information content (AvgIpc) is 3.30. The van der Waals surface area contributed by atoms with Gasteiger partial charge in [-0.3, -0.25) is 0 Å². The van der Waals surface area contributed by atoms with E-state index in [0.717, 1.165) is 37.7 Å². The number of rotatable bonds is 6. The van der Waals surface area contributed by atoms with E-state index < -0.39 is 21.7 Å². The molecule has 0 aliphatic carbocycles. The minimum absolute atomic E-state index is 0.0471. The third-order valence-corrected chi connectivity index (χ3v) is 7.42. The van der Waals surface area contributed by atoms with Gasteiger partial charge in [-0.2, -0.15) is 4.31 Å². The lowest BCUT2D eigenvalue weighted by Gasteiger charge is -2.27. The highest BCUT2D eigenvalue weighted by molar-refractivity contribution is 7.89. The Bertz CT molecular complexity index is 1000. The van der Waals surface area contributed by atoms with Crippen molar-refractivity contribution in [2.75, 3.05) is 49.6 Å². The highest BCUT2D eigenvalue weighted by Crippen LogP contribution is 2.33. The normalized spacial score (nSPS) is 18.0. The van der Waals surface area contributed by atoms with Gasteiger partial charge >= 0.3 is 0 Å². The molecule has 2 saturated heterocycles. The van der Waals surface area contributed by atoms with Crippen molar-refractivity contribution in [2.45, 2.75) is 24.3 Å². The third kappa shape index (κ3) is 4.28. The van der Waals surface area contributed by atoms with Crippen LogP contribution in [0.3, 0.4) is 0 Å². The highest BCUT2D eigenvalue weighted by atomic mass is 32.2. The van der Waals surface area contributed by atoms with Crippen LogP contribution in [0.4, 0.5) is 20.2 Å². The van der Waals surface area contributed by atoms with Crippen LogP contribution in [0.25, 0.3) is 0 Å². The van der Waals surface area contributed by atoms with E-state index in [1.165, 1.54) is 16.4 Å². The maximum absolute atomic E-state index is 14.1. The van der Waals surface area contributed by atoms with Crippen molar-refractivity contribution in [1.29, 1.82) is 0 Å². The molecule has 2 aromatic carbocycles. The summed E-state index contributed by atoms with van der Waals surface area (Å²) in [6, 6.07) is 9.04. The number of halogens is 2. The first-order valence-corrected chi connectivity index (χ1v) is 11.5. The number of nitrogens with zero attached hydrogens (tertiary/aromatic N) is 2. The number of nitrogens with one attached hydrogen (secondary N) is 1. The summed E-state index contributed by atoms with van der Waals surface area (Å²) in [5, 5.41) is 3.13. The van der Waals surface area contributed by atoms with E-state index in [4.69, 9.17) is 4.74 Å². The van der Waals surface area contributed by atoms with Gasteiger partial charge in [0, 0.05) is 38.3 Å². The Labute approximate surface area is 175 Å². The second-order valence-electron chi connectivity index (χ2n) is 7.46. The first kappa shape index (κ1) is 21.0. The Hall–Kier alpha value is -2.23. The first-order chi connectivity index (χ1) is 14.5. The molecule has 2 aliphatic heterocycles. The zero-order valence-corrected chi connectivity index (χ0v) is 17.4. The van der Waals surface area contributed by atoms with Crippen molar-refractivity contribution in [1.82, 2.24) is 4.31 Å². The molecular formula is C21H25F2N3O3S. The van der Waals surface area contributed by atoms with Crippen LogP contribution in [0, 0.1) is 11.6 Å². The SMILES string of the molecule is O=S(=O)(c1ccc(N2CCCC2)c(NCc2cccc(F)c2F)c1)N1CCOCC1. The predicted octanol–water partition coefficient (Wildman–Crippen LogP) is 3.20. The van der Waals surface area contributed by atoms with Crippen LogP contribution in [0.5, 0.6) is 0 Å². The molecule has 0 amide bonds. The van der Waals surface area contributed by atoms with Gasteiger partial charge in [-0.1, -0.05) is 12.1 Å². The lowest BCUT2D eigenvalue weighted by molar-refractivity contribution is 0.0730. The van der Waals surface area contributed by atoms with Gasteiger partial charge < -0.3 is 15.0 Å². The van der Waals surface area contributed by atoms with Crippen molar-refractivity contribution in [2.24, 2.45) is 0 Å². The summed E-state index contributed by atoms with van der Waals surface area (Å²) in [6.07, 6.45) is 2.12. The van der Waals surface area contributed by atoms with Gasteiger partial charge in [0.05, 0.1) is 29.5 Å². The molecule has 6 nitrogen and oxygen atoms in total. The standard InChI is InChI=1S/C21H25F2N3O3S/c22-18-5-3-4-16(21(18)23)15-24-19-14-17(6-7-20(19)25-8-1-2-9-25)30(27,28)26-10-12-29-13-11-26/h3-7,14,24H,1-2,8-13,15H2. The summed E-state index contributed by atoms with van der Waals surface area (Å²) in [5.74, 6) is -1.80. The molecular weight excluding hydrogens is 412 g/mol. The van der Waals surface area contributed by atoms with Crippen LogP contribution >= 0.6 is 0 Å². The van der Waals surface area contributed by atoms with Crippen LogP contribution in [0.15, 0.2) is 41.3 Å². The summed E-state index contributed by atoms with van der Waals surface area (Å²) < 4.78 is 60.4. The monoisotopic (exact) mass is 437 g/mol. The van der Waals surface area contributed by atoms with Crippen molar-refractivity contribution in [3.05, 3.63) is 53.6 Å². The fourth-order valence-electron chi connectivity index (χ4n) is 3.86. The maximum atomic E-state index is 14.1. The van der Waals surface area contributed by atoms with Gasteiger partial charge in [0.15, 0.2) is 11.6 Å². The number of sulfonamides is 1. The zero-order valence-electron chi connectivity index (χ0n) is 16.6. The molecule has 2 aromatic rings. The molecule has 4 rings (SSSR count). The Balaban J connectivity index is 1.65. The molecule has 2 fully saturated rings. The van der Waals surface area contributed by atoms with Crippen LogP contribution < -0.4 is 10.2 Å². The molecule has 1 N–H and O–H groups in total. The number of ether oxygens (including phenoxy) is 1. The summed E-state index contributed by atoms with van der Waals surface area (Å²) in [5.41, 5.74) is 1.64. The minimum atomic E-state index is -3.66. The van der Waals surface area contributed by atoms with Gasteiger partial charge in [-0.25, -0.2) is 17.2 Å². The van der Waals surface area contributed by atoms with Crippen LogP contribution in [0.1, 0.15) is 18.4 Å². The molecule has 0 bridgehead atoms. The molecule has 0 spiro atoms. The lowest BCUT2D eigenvalue weighted by Crippen LogP contribution is -2.40. The fourth-order valence-corrected chi connectivity index (χ4v) is 5.30. The van der Waals surface area contributed by atoms with Gasteiger partial charge in [0.25, 0.3) is 0 Å². The van der Waals surface area contributed by atoms with E-state index in [9.17, 15) is 17.2 Å². The van der Waals surface area contributed by atoms with Gasteiger partial charge in [0.1, 0.15) is 0 Å². The summed E-state index contributed by atoms with van der Waals surface area (Å²) in [7, 11) is -3.66. The molecule has 0 atom stereocenters. The zero-order chi connectivity index (χ0) is 21.1. The third-order valence-electron chi connectivity index (χ3n) is 5.52. The smallest absolute Gasteiger partial charge is 0.243 e. The number of hydrogen-bond acceptors (Lipinski definition) is 5. The Morgan fingerprint density at radius 3 is 2.47 bits per heavy atom. The number of hydrogen-bond donors (Lipinski definition) is 1. The maximum Gasteiger partial charge on any atom is 0.243 e. The summed E-state index contributed by atoms with van der Waals surface area (Å²) in [6.45, 7) is 3.16. The first-order valence-electron chi connectivity index (χ1n) is 10.1. The molecule has 2 heterocycles. The molecule has 2 aliphatic rings. The molecule has 0 unspecified atom stereocenters. The van der Waals surface area contributed by atoms with Crippen LogP contribution in [0.2, 0.25) is 0 Å². The van der Waals surface area contributed by atoms with Crippen molar-refractivity contribution < 1.29 is 21.9 Å². The van der Waals surface area contributed by atoms with Gasteiger partial charge in [-0.15, -0.1) is 0 Å². The number of anilines is 2. The van der Waals surface area contributed by atoms with Crippen LogP contribution in [-0.2, 0) is 21.3 Å². The molecule has 0 radical (unpaired) electrons. The average molecular weight is 438 g/mol. The quantitative estimate of drug-likeness (QED) is 0.752. The van der Waals surface area contributed by atoms with E-state index in [-0.39, 0.29) is 17.0 Å². The lowest BCUT2D eigenvalue weighted by atomic mass is 10.2. The van der Waals surface area contributed by atoms with Crippen LogP contribution in [-0.4, -0.2) is 52.1 Å². The number of morpholine rings is 1. The molecule has 0 saturated carbocycles. The van der Waals surface area contributed by atoms with E-state index in [1.807, 2.05) is 0 Å². The Kier molecular flexibility index (Phi) is 6.21. The second kappa shape index (κ2) is 8.87. The van der Waals surface area contributed by atoms with Crippen molar-refractivity contribution in [3.63, 3.8) is 0 Å². The van der Waals surface area contributed by atoms with Gasteiger partial charge in [-0.05, 0) is 37.1 Å². The second-order valence-corrected chi connectivity index (χ2v) is 9.39. The van der Waals surface area contributed by atoms with Gasteiger partial charge in [0.2, 0.25) is 10.0 Å². The van der Waals surface area contributed by atoms with E-state index in [1.54, 1.807) is 18.2 Å². The minimum Gasteiger partial charge on any atom is -0.379 e. The Morgan fingerprint density at radius 2 is 1.73 bits per heavy atom. The highest BCUT2D eigenvalue weighted by Gasteiger charge is 2.28. The topological polar surface area (TPSA) is 61.9 Å². The van der Waals surface area contributed by atoms with Crippen molar-refractivity contribution in [3.8, 4) is 0 Å².